The summed E-state index contributed by atoms with van der Waals surface area (Å²) in [7, 11) is 0. The zero-order chi connectivity index (χ0) is 20.2. The predicted molar refractivity (Wildman–Crippen MR) is 113 cm³/mol. The van der Waals surface area contributed by atoms with Gasteiger partial charge in [-0.1, -0.05) is 22.0 Å². The first-order chi connectivity index (χ1) is 14.1. The average molecular weight is 473 g/mol. The highest BCUT2D eigenvalue weighted by Crippen LogP contribution is 2.29. The van der Waals surface area contributed by atoms with Crippen LogP contribution in [-0.2, 0) is 4.79 Å². The first-order valence-electron chi connectivity index (χ1n) is 9.00. The maximum absolute atomic E-state index is 12.6. The molecular weight excluding hydrogens is 456 g/mol. The van der Waals surface area contributed by atoms with Gasteiger partial charge in [-0.3, -0.25) is 4.79 Å². The van der Waals surface area contributed by atoms with E-state index in [1.165, 1.54) is 18.0 Å². The highest BCUT2D eigenvalue weighted by Gasteiger charge is 2.27. The molecule has 0 saturated carbocycles. The Balaban J connectivity index is 1.36. The van der Waals surface area contributed by atoms with Gasteiger partial charge in [0.25, 0.3) is 5.89 Å². The summed E-state index contributed by atoms with van der Waals surface area (Å²) >= 11 is 4.97. The number of benzene rings is 1. The number of aromatic nitrogens is 1. The normalized spacial score (nSPS) is 14.1. The summed E-state index contributed by atoms with van der Waals surface area (Å²) in [6.07, 6.45) is 1.53. The average Bonchev–Trinajstić information content (AvgIpc) is 3.42. The van der Waals surface area contributed by atoms with Crippen molar-refractivity contribution < 1.29 is 13.6 Å². The Hall–Kier alpha value is -2.70. The lowest BCUT2D eigenvalue weighted by atomic mass is 10.3. The topological polar surface area (TPSA) is 86.5 Å². The molecule has 4 rings (SSSR count). The van der Waals surface area contributed by atoms with Gasteiger partial charge >= 0.3 is 0 Å². The number of anilines is 1. The van der Waals surface area contributed by atoms with E-state index < -0.39 is 0 Å². The van der Waals surface area contributed by atoms with E-state index in [4.69, 9.17) is 8.83 Å². The van der Waals surface area contributed by atoms with Crippen LogP contribution in [0, 0.1) is 11.3 Å². The largest absolute Gasteiger partial charge is 0.459 e. The van der Waals surface area contributed by atoms with Crippen LogP contribution in [0.1, 0.15) is 5.69 Å². The lowest BCUT2D eigenvalue weighted by Crippen LogP contribution is -2.49. The molecule has 0 spiro atoms. The van der Waals surface area contributed by atoms with Gasteiger partial charge in [-0.05, 0) is 30.3 Å². The molecule has 1 amide bonds. The van der Waals surface area contributed by atoms with Crippen molar-refractivity contribution in [3.05, 3.63) is 52.8 Å². The molecule has 3 heterocycles. The van der Waals surface area contributed by atoms with E-state index in [2.05, 4.69) is 27.0 Å². The Morgan fingerprint density at radius 3 is 2.76 bits per heavy atom. The van der Waals surface area contributed by atoms with Gasteiger partial charge in [0, 0.05) is 35.5 Å². The first kappa shape index (κ1) is 19.6. The van der Waals surface area contributed by atoms with Crippen LogP contribution in [0.15, 0.2) is 60.9 Å². The molecule has 0 radical (unpaired) electrons. The van der Waals surface area contributed by atoms with E-state index in [0.717, 1.165) is 9.37 Å². The molecule has 1 aromatic carbocycles. The number of carbonyl (C=O) groups is 1. The lowest BCUT2D eigenvalue weighted by Gasteiger charge is -2.34. The number of oxazole rings is 1. The summed E-state index contributed by atoms with van der Waals surface area (Å²) < 4.78 is 12.1. The fourth-order valence-electron chi connectivity index (χ4n) is 3.06. The van der Waals surface area contributed by atoms with Crippen LogP contribution in [0.4, 0.5) is 5.88 Å². The van der Waals surface area contributed by atoms with Gasteiger partial charge in [0.05, 0.1) is 12.0 Å². The molecule has 0 aliphatic carbocycles. The molecule has 29 heavy (non-hydrogen) atoms. The third kappa shape index (κ3) is 4.49. The fraction of sp³-hybridized carbons (Fsp3) is 0.250. The van der Waals surface area contributed by atoms with Crippen molar-refractivity contribution >= 4 is 39.5 Å². The van der Waals surface area contributed by atoms with Crippen molar-refractivity contribution in [2.45, 2.75) is 4.90 Å². The Bertz CT molecular complexity index is 1040. The van der Waals surface area contributed by atoms with Crippen LogP contribution in [-0.4, -0.2) is 47.7 Å². The number of hydrogen-bond acceptors (Lipinski definition) is 7. The van der Waals surface area contributed by atoms with Crippen LogP contribution in [0.25, 0.3) is 11.7 Å². The number of piperazine rings is 1. The standard InChI is InChI=1S/C20H17BrN4O3S/c21-14-3-1-4-15(11-14)29-13-18(26)24-6-8-25(9-7-24)20-16(12-22)23-19(28-20)17-5-2-10-27-17/h1-5,10-11H,6-9,13H2. The second-order valence-electron chi connectivity index (χ2n) is 6.38. The highest BCUT2D eigenvalue weighted by molar-refractivity contribution is 9.10. The Morgan fingerprint density at radius 1 is 1.24 bits per heavy atom. The summed E-state index contributed by atoms with van der Waals surface area (Å²) in [6, 6.07) is 13.5. The quantitative estimate of drug-likeness (QED) is 0.518. The fourth-order valence-corrected chi connectivity index (χ4v) is 4.47. The molecule has 0 bridgehead atoms. The van der Waals surface area contributed by atoms with E-state index in [1.807, 2.05) is 34.1 Å². The number of nitriles is 1. The summed E-state index contributed by atoms with van der Waals surface area (Å²) in [6.45, 7) is 2.29. The monoisotopic (exact) mass is 472 g/mol. The van der Waals surface area contributed by atoms with Crippen LogP contribution in [0.3, 0.4) is 0 Å². The van der Waals surface area contributed by atoms with E-state index in [9.17, 15) is 10.1 Å². The molecular formula is C20H17BrN4O3S. The van der Waals surface area contributed by atoms with Crippen LogP contribution >= 0.6 is 27.7 Å². The number of nitrogens with zero attached hydrogens (tertiary/aromatic N) is 4. The number of halogens is 1. The lowest BCUT2D eigenvalue weighted by molar-refractivity contribution is -0.128. The molecule has 1 aliphatic rings. The molecule has 9 heteroatoms. The second kappa shape index (κ2) is 8.76. The molecule has 3 aromatic rings. The van der Waals surface area contributed by atoms with Crippen LogP contribution in [0.5, 0.6) is 0 Å². The number of carbonyl (C=O) groups excluding carboxylic acids is 1. The number of furan rings is 1. The Kier molecular flexibility index (Phi) is 5.92. The van der Waals surface area contributed by atoms with Crippen molar-refractivity contribution in [2.24, 2.45) is 0 Å². The number of hydrogen-bond donors (Lipinski definition) is 0. The van der Waals surface area contributed by atoms with Gasteiger partial charge in [-0.15, -0.1) is 11.8 Å². The highest BCUT2D eigenvalue weighted by atomic mass is 79.9. The molecule has 148 valence electrons. The zero-order valence-electron chi connectivity index (χ0n) is 15.4. The molecule has 0 atom stereocenters. The smallest absolute Gasteiger partial charge is 0.266 e. The van der Waals surface area contributed by atoms with E-state index in [-0.39, 0.29) is 17.5 Å². The number of amides is 1. The van der Waals surface area contributed by atoms with Crippen molar-refractivity contribution in [2.75, 3.05) is 36.8 Å². The molecule has 2 aromatic heterocycles. The maximum Gasteiger partial charge on any atom is 0.266 e. The molecule has 0 unspecified atom stereocenters. The van der Waals surface area contributed by atoms with Gasteiger partial charge in [0.2, 0.25) is 17.5 Å². The van der Waals surface area contributed by atoms with Crippen LogP contribution < -0.4 is 4.90 Å². The third-order valence-electron chi connectivity index (χ3n) is 4.53. The van der Waals surface area contributed by atoms with E-state index in [0.29, 0.717) is 43.6 Å². The second-order valence-corrected chi connectivity index (χ2v) is 8.34. The Morgan fingerprint density at radius 2 is 2.07 bits per heavy atom. The molecule has 1 aliphatic heterocycles. The maximum atomic E-state index is 12.6. The zero-order valence-corrected chi connectivity index (χ0v) is 17.8. The number of rotatable bonds is 5. The molecule has 7 nitrogen and oxygen atoms in total. The minimum absolute atomic E-state index is 0.101. The molecule has 1 saturated heterocycles. The minimum atomic E-state index is 0.101. The van der Waals surface area contributed by atoms with Crippen LogP contribution in [0.2, 0.25) is 0 Å². The summed E-state index contributed by atoms with van der Waals surface area (Å²) in [4.78, 5) is 21.6. The summed E-state index contributed by atoms with van der Waals surface area (Å²) in [5, 5.41) is 9.40. The van der Waals surface area contributed by atoms with E-state index in [1.54, 1.807) is 12.1 Å². The van der Waals surface area contributed by atoms with Gasteiger partial charge < -0.3 is 18.6 Å². The van der Waals surface area contributed by atoms with Crippen molar-refractivity contribution in [1.29, 1.82) is 5.26 Å². The van der Waals surface area contributed by atoms with E-state index >= 15 is 0 Å². The molecule has 1 fully saturated rings. The van der Waals surface area contributed by atoms with Gasteiger partial charge in [0.15, 0.2) is 5.76 Å². The number of thioether (sulfide) groups is 1. The summed E-state index contributed by atoms with van der Waals surface area (Å²) in [5.74, 6) is 1.68. The SMILES string of the molecule is N#Cc1nc(-c2ccco2)oc1N1CCN(C(=O)CSc2cccc(Br)c2)CC1. The predicted octanol–water partition coefficient (Wildman–Crippen LogP) is 4.01. The van der Waals surface area contributed by atoms with Crippen molar-refractivity contribution in [3.63, 3.8) is 0 Å². The third-order valence-corrected chi connectivity index (χ3v) is 6.00. The first-order valence-corrected chi connectivity index (χ1v) is 10.8. The van der Waals surface area contributed by atoms with Gasteiger partial charge in [-0.25, -0.2) is 0 Å². The minimum Gasteiger partial charge on any atom is -0.459 e. The molecule has 0 N–H and O–H groups in total. The summed E-state index contributed by atoms with van der Waals surface area (Å²) in [5.41, 5.74) is 0.224. The Labute approximate surface area is 180 Å². The van der Waals surface area contributed by atoms with Crippen molar-refractivity contribution in [1.82, 2.24) is 9.88 Å². The van der Waals surface area contributed by atoms with Gasteiger partial charge in [0.1, 0.15) is 6.07 Å². The van der Waals surface area contributed by atoms with Crippen molar-refractivity contribution in [3.8, 4) is 17.7 Å². The van der Waals surface area contributed by atoms with Gasteiger partial charge in [-0.2, -0.15) is 10.2 Å².